The van der Waals surface area contributed by atoms with Crippen LogP contribution in [0.25, 0.3) is 0 Å². The Labute approximate surface area is 78.7 Å². The summed E-state index contributed by atoms with van der Waals surface area (Å²) < 4.78 is 13.5. The molecule has 0 heterocycles. The average Bonchev–Trinajstić information content (AvgIpc) is 2.07. The third-order valence-electron chi connectivity index (χ3n) is 1.54. The van der Waals surface area contributed by atoms with Gasteiger partial charge in [-0.25, -0.2) is 4.39 Å². The van der Waals surface area contributed by atoms with Crippen LogP contribution in [0.3, 0.4) is 0 Å². The molecule has 1 nitrogen and oxygen atoms in total. The first-order valence-corrected chi connectivity index (χ1v) is 4.41. The fourth-order valence-corrected chi connectivity index (χ4v) is 1.39. The Morgan fingerprint density at radius 3 is 2.92 bits per heavy atom. The van der Waals surface area contributed by atoms with Crippen LogP contribution in [0.2, 0.25) is 0 Å². The minimum atomic E-state index is -0.265. The van der Waals surface area contributed by atoms with Gasteiger partial charge in [-0.3, -0.25) is 0 Å². The number of benzene rings is 1. The lowest BCUT2D eigenvalue weighted by atomic mass is 10.1. The lowest BCUT2D eigenvalue weighted by molar-refractivity contribution is -0.107. The Morgan fingerprint density at radius 1 is 1.50 bits per heavy atom. The van der Waals surface area contributed by atoms with Crippen molar-refractivity contribution in [3.8, 4) is 0 Å². The maximum absolute atomic E-state index is 12.7. The van der Waals surface area contributed by atoms with Gasteiger partial charge in [0.25, 0.3) is 0 Å². The van der Waals surface area contributed by atoms with E-state index in [2.05, 4.69) is 15.9 Å². The second-order valence-electron chi connectivity index (χ2n) is 2.44. The molecule has 0 spiro atoms. The molecule has 0 aliphatic carbocycles. The van der Waals surface area contributed by atoms with Crippen LogP contribution in [0.15, 0.2) is 22.7 Å². The summed E-state index contributed by atoms with van der Waals surface area (Å²) in [6, 6.07) is 4.47. The van der Waals surface area contributed by atoms with Crippen molar-refractivity contribution in [3.05, 3.63) is 34.1 Å². The predicted octanol–water partition coefficient (Wildman–Crippen LogP) is 2.72. The summed E-state index contributed by atoms with van der Waals surface area (Å²) in [6.07, 6.45) is 1.85. The Morgan fingerprint density at radius 2 is 2.25 bits per heavy atom. The average molecular weight is 231 g/mol. The van der Waals surface area contributed by atoms with Gasteiger partial charge in [0.05, 0.1) is 0 Å². The quantitative estimate of drug-likeness (QED) is 0.731. The maximum atomic E-state index is 12.7. The standard InChI is InChI=1S/C9H8BrFO/c10-9-4-3-8(11)6-7(9)2-1-5-12/h3-6H,1-2H2. The highest BCUT2D eigenvalue weighted by Gasteiger charge is 2.00. The van der Waals surface area contributed by atoms with Crippen molar-refractivity contribution in [1.82, 2.24) is 0 Å². The molecule has 12 heavy (non-hydrogen) atoms. The van der Waals surface area contributed by atoms with E-state index in [-0.39, 0.29) is 5.82 Å². The van der Waals surface area contributed by atoms with Crippen molar-refractivity contribution >= 4 is 22.2 Å². The number of carbonyl (C=O) groups is 1. The van der Waals surface area contributed by atoms with Crippen LogP contribution >= 0.6 is 15.9 Å². The molecule has 0 saturated carbocycles. The number of rotatable bonds is 3. The van der Waals surface area contributed by atoms with E-state index in [1.807, 2.05) is 0 Å². The fraction of sp³-hybridized carbons (Fsp3) is 0.222. The zero-order valence-electron chi connectivity index (χ0n) is 6.39. The Bertz CT molecular complexity index is 286. The van der Waals surface area contributed by atoms with Crippen molar-refractivity contribution in [2.45, 2.75) is 12.8 Å². The lowest BCUT2D eigenvalue weighted by Gasteiger charge is -2.00. The molecular formula is C9H8BrFO. The highest BCUT2D eigenvalue weighted by Crippen LogP contribution is 2.18. The number of aryl methyl sites for hydroxylation is 1. The van der Waals surface area contributed by atoms with Crippen molar-refractivity contribution in [1.29, 1.82) is 0 Å². The summed E-state index contributed by atoms with van der Waals surface area (Å²) in [6.45, 7) is 0. The molecule has 0 fully saturated rings. The molecule has 0 amide bonds. The van der Waals surface area contributed by atoms with Gasteiger partial charge in [-0.2, -0.15) is 0 Å². The van der Waals surface area contributed by atoms with E-state index in [1.54, 1.807) is 6.07 Å². The molecule has 0 aliphatic heterocycles. The molecule has 0 aromatic heterocycles. The second kappa shape index (κ2) is 4.36. The van der Waals surface area contributed by atoms with Crippen molar-refractivity contribution in [2.75, 3.05) is 0 Å². The monoisotopic (exact) mass is 230 g/mol. The van der Waals surface area contributed by atoms with E-state index in [0.717, 1.165) is 16.3 Å². The zero-order valence-corrected chi connectivity index (χ0v) is 7.97. The summed E-state index contributed by atoms with van der Waals surface area (Å²) >= 11 is 3.28. The smallest absolute Gasteiger partial charge is 0.123 e. The normalized spacial score (nSPS) is 9.83. The zero-order chi connectivity index (χ0) is 8.97. The summed E-state index contributed by atoms with van der Waals surface area (Å²) in [5, 5.41) is 0. The van der Waals surface area contributed by atoms with Crippen LogP contribution in [0.4, 0.5) is 4.39 Å². The molecular weight excluding hydrogens is 223 g/mol. The summed E-state index contributed by atoms with van der Waals surface area (Å²) in [5.74, 6) is -0.265. The molecule has 0 radical (unpaired) electrons. The fourth-order valence-electron chi connectivity index (χ4n) is 0.949. The molecule has 1 aromatic rings. The van der Waals surface area contributed by atoms with Crippen LogP contribution in [0.1, 0.15) is 12.0 Å². The third-order valence-corrected chi connectivity index (χ3v) is 2.31. The van der Waals surface area contributed by atoms with E-state index in [4.69, 9.17) is 0 Å². The second-order valence-corrected chi connectivity index (χ2v) is 3.30. The Hall–Kier alpha value is -0.700. The summed E-state index contributed by atoms with van der Waals surface area (Å²) in [5.41, 5.74) is 0.835. The molecule has 0 unspecified atom stereocenters. The molecule has 0 N–H and O–H groups in total. The lowest BCUT2D eigenvalue weighted by Crippen LogP contribution is -1.89. The number of carbonyl (C=O) groups excluding carboxylic acids is 1. The Kier molecular flexibility index (Phi) is 3.41. The van der Waals surface area contributed by atoms with E-state index in [9.17, 15) is 9.18 Å². The molecule has 0 atom stereocenters. The van der Waals surface area contributed by atoms with Crippen LogP contribution in [0, 0.1) is 5.82 Å². The van der Waals surface area contributed by atoms with Crippen LogP contribution in [-0.2, 0) is 11.2 Å². The maximum Gasteiger partial charge on any atom is 0.123 e. The highest BCUT2D eigenvalue weighted by atomic mass is 79.9. The van der Waals surface area contributed by atoms with Crippen molar-refractivity contribution in [3.63, 3.8) is 0 Å². The first-order chi connectivity index (χ1) is 5.74. The SMILES string of the molecule is O=CCCc1cc(F)ccc1Br. The molecule has 1 aromatic carbocycles. The van der Waals surface area contributed by atoms with Gasteiger partial charge in [-0.15, -0.1) is 0 Å². The van der Waals surface area contributed by atoms with Crippen LogP contribution in [-0.4, -0.2) is 6.29 Å². The largest absolute Gasteiger partial charge is 0.303 e. The minimum Gasteiger partial charge on any atom is -0.303 e. The molecule has 0 saturated heterocycles. The van der Waals surface area contributed by atoms with Crippen molar-refractivity contribution in [2.24, 2.45) is 0 Å². The van der Waals surface area contributed by atoms with Gasteiger partial charge < -0.3 is 4.79 Å². The van der Waals surface area contributed by atoms with Gasteiger partial charge in [0, 0.05) is 10.9 Å². The van der Waals surface area contributed by atoms with E-state index >= 15 is 0 Å². The minimum absolute atomic E-state index is 0.265. The molecule has 0 aliphatic rings. The molecule has 1 rings (SSSR count). The molecule has 0 bridgehead atoms. The number of halogens is 2. The van der Waals surface area contributed by atoms with Gasteiger partial charge in [-0.1, -0.05) is 15.9 Å². The predicted molar refractivity (Wildman–Crippen MR) is 48.5 cm³/mol. The molecule has 3 heteroatoms. The van der Waals surface area contributed by atoms with Crippen LogP contribution in [0.5, 0.6) is 0 Å². The van der Waals surface area contributed by atoms with Gasteiger partial charge in [0.2, 0.25) is 0 Å². The van der Waals surface area contributed by atoms with E-state index in [0.29, 0.717) is 12.8 Å². The third kappa shape index (κ3) is 2.41. The first kappa shape index (κ1) is 9.39. The van der Waals surface area contributed by atoms with Crippen molar-refractivity contribution < 1.29 is 9.18 Å². The van der Waals surface area contributed by atoms with Gasteiger partial charge in [0.15, 0.2) is 0 Å². The first-order valence-electron chi connectivity index (χ1n) is 3.61. The number of hydrogen-bond donors (Lipinski definition) is 0. The topological polar surface area (TPSA) is 17.1 Å². The van der Waals surface area contributed by atoms with Gasteiger partial charge in [-0.05, 0) is 30.2 Å². The number of hydrogen-bond acceptors (Lipinski definition) is 1. The molecule has 64 valence electrons. The van der Waals surface area contributed by atoms with Crippen LogP contribution < -0.4 is 0 Å². The van der Waals surface area contributed by atoms with Gasteiger partial charge in [0.1, 0.15) is 12.1 Å². The summed E-state index contributed by atoms with van der Waals surface area (Å²) in [4.78, 5) is 10.1. The summed E-state index contributed by atoms with van der Waals surface area (Å²) in [7, 11) is 0. The highest BCUT2D eigenvalue weighted by molar-refractivity contribution is 9.10. The van der Waals surface area contributed by atoms with E-state index < -0.39 is 0 Å². The Balaban J connectivity index is 2.82. The number of aldehydes is 1. The van der Waals surface area contributed by atoms with E-state index in [1.165, 1.54) is 12.1 Å². The van der Waals surface area contributed by atoms with Gasteiger partial charge >= 0.3 is 0 Å².